The van der Waals surface area contributed by atoms with E-state index >= 15 is 0 Å². The number of nitrogens with one attached hydrogen (secondary N) is 1. The number of hydrogen-bond donors (Lipinski definition) is 1. The van der Waals surface area contributed by atoms with Crippen LogP contribution >= 0.6 is 0 Å². The molecule has 1 heterocycles. The summed E-state index contributed by atoms with van der Waals surface area (Å²) in [6, 6.07) is 4.82. The SMILES string of the molecule is COc1ccc(S(=O)(=O)NC[C@H]2CCCO2)cc1C. The highest BCUT2D eigenvalue weighted by atomic mass is 32.2. The van der Waals surface area contributed by atoms with E-state index in [2.05, 4.69) is 4.72 Å². The molecular weight excluding hydrogens is 266 g/mol. The molecule has 1 aromatic rings. The Morgan fingerprint density at radius 3 is 2.84 bits per heavy atom. The van der Waals surface area contributed by atoms with E-state index in [1.807, 2.05) is 6.92 Å². The predicted molar refractivity (Wildman–Crippen MR) is 71.9 cm³/mol. The molecule has 5 nitrogen and oxygen atoms in total. The van der Waals surface area contributed by atoms with E-state index < -0.39 is 10.0 Å². The first-order valence-corrected chi connectivity index (χ1v) is 7.77. The number of aryl methyl sites for hydroxylation is 1. The first kappa shape index (κ1) is 14.3. The van der Waals surface area contributed by atoms with Crippen molar-refractivity contribution in [2.45, 2.75) is 30.8 Å². The van der Waals surface area contributed by atoms with Gasteiger partial charge in [-0.3, -0.25) is 0 Å². The summed E-state index contributed by atoms with van der Waals surface area (Å²) in [4.78, 5) is 0.254. The summed E-state index contributed by atoms with van der Waals surface area (Å²) < 4.78 is 37.4. The van der Waals surface area contributed by atoms with Gasteiger partial charge in [0.15, 0.2) is 0 Å². The fourth-order valence-electron chi connectivity index (χ4n) is 2.11. The Kier molecular flexibility index (Phi) is 4.44. The van der Waals surface area contributed by atoms with Gasteiger partial charge in [-0.1, -0.05) is 0 Å². The summed E-state index contributed by atoms with van der Waals surface area (Å²) in [5.74, 6) is 0.679. The Balaban J connectivity index is 2.08. The normalized spacial score (nSPS) is 19.6. The van der Waals surface area contributed by atoms with Crippen LogP contribution in [0, 0.1) is 6.92 Å². The van der Waals surface area contributed by atoms with Crippen LogP contribution < -0.4 is 9.46 Å². The highest BCUT2D eigenvalue weighted by molar-refractivity contribution is 7.89. The molecule has 2 rings (SSSR count). The standard InChI is InChI=1S/C13H19NO4S/c1-10-8-12(5-6-13(10)17-2)19(15,16)14-9-11-4-3-7-18-11/h5-6,8,11,14H,3-4,7,9H2,1-2H3/t11-/m1/s1. The van der Waals surface area contributed by atoms with Crippen LogP contribution in [0.25, 0.3) is 0 Å². The molecule has 0 spiro atoms. The first-order valence-electron chi connectivity index (χ1n) is 6.29. The molecule has 0 aromatic heterocycles. The molecule has 1 N–H and O–H groups in total. The van der Waals surface area contributed by atoms with E-state index in [0.29, 0.717) is 18.9 Å². The van der Waals surface area contributed by atoms with Crippen molar-refractivity contribution in [1.29, 1.82) is 0 Å². The second-order valence-electron chi connectivity index (χ2n) is 4.62. The number of benzene rings is 1. The van der Waals surface area contributed by atoms with E-state index in [0.717, 1.165) is 18.4 Å². The summed E-state index contributed by atoms with van der Waals surface area (Å²) in [7, 11) is -1.92. The van der Waals surface area contributed by atoms with Gasteiger partial charge < -0.3 is 9.47 Å². The number of rotatable bonds is 5. The van der Waals surface area contributed by atoms with Gasteiger partial charge in [0, 0.05) is 13.2 Å². The van der Waals surface area contributed by atoms with E-state index in [9.17, 15) is 8.42 Å². The van der Waals surface area contributed by atoms with Crippen LogP contribution in [-0.4, -0.2) is 34.8 Å². The topological polar surface area (TPSA) is 64.6 Å². The molecule has 6 heteroatoms. The van der Waals surface area contributed by atoms with Gasteiger partial charge in [0.1, 0.15) is 5.75 Å². The fraction of sp³-hybridized carbons (Fsp3) is 0.538. The monoisotopic (exact) mass is 285 g/mol. The third-order valence-electron chi connectivity index (χ3n) is 3.20. The smallest absolute Gasteiger partial charge is 0.240 e. The zero-order valence-corrected chi connectivity index (χ0v) is 12.0. The lowest BCUT2D eigenvalue weighted by atomic mass is 10.2. The molecule has 0 radical (unpaired) electrons. The molecule has 1 saturated heterocycles. The lowest BCUT2D eigenvalue weighted by Crippen LogP contribution is -2.31. The second kappa shape index (κ2) is 5.90. The highest BCUT2D eigenvalue weighted by Gasteiger charge is 2.20. The average Bonchev–Trinajstić information content (AvgIpc) is 2.89. The van der Waals surface area contributed by atoms with Gasteiger partial charge in [0.05, 0.1) is 18.1 Å². The van der Waals surface area contributed by atoms with Crippen molar-refractivity contribution >= 4 is 10.0 Å². The summed E-state index contributed by atoms with van der Waals surface area (Å²) in [5.41, 5.74) is 0.794. The van der Waals surface area contributed by atoms with Crippen molar-refractivity contribution in [1.82, 2.24) is 4.72 Å². The van der Waals surface area contributed by atoms with Crippen LogP contribution in [0.15, 0.2) is 23.1 Å². The molecule has 1 aromatic carbocycles. The predicted octanol–water partition coefficient (Wildman–Crippen LogP) is 1.46. The van der Waals surface area contributed by atoms with E-state index in [-0.39, 0.29) is 11.0 Å². The van der Waals surface area contributed by atoms with E-state index in [1.165, 1.54) is 0 Å². The van der Waals surface area contributed by atoms with Crippen LogP contribution in [0.3, 0.4) is 0 Å². The zero-order valence-electron chi connectivity index (χ0n) is 11.2. The Labute approximate surface area is 114 Å². The first-order chi connectivity index (χ1) is 9.03. The molecule has 1 aliphatic rings. The van der Waals surface area contributed by atoms with Gasteiger partial charge in [-0.2, -0.15) is 0 Å². The van der Waals surface area contributed by atoms with Gasteiger partial charge in [0.25, 0.3) is 0 Å². The molecule has 19 heavy (non-hydrogen) atoms. The second-order valence-corrected chi connectivity index (χ2v) is 6.39. The summed E-state index contributed by atoms with van der Waals surface area (Å²) in [6.45, 7) is 2.86. The third kappa shape index (κ3) is 3.46. The van der Waals surface area contributed by atoms with Crippen LogP contribution in [0.2, 0.25) is 0 Å². The van der Waals surface area contributed by atoms with Crippen molar-refractivity contribution in [2.75, 3.05) is 20.3 Å². The number of methoxy groups -OCH3 is 1. The minimum absolute atomic E-state index is 0.00544. The molecule has 0 bridgehead atoms. The van der Waals surface area contributed by atoms with Gasteiger partial charge >= 0.3 is 0 Å². The summed E-state index contributed by atoms with van der Waals surface area (Å²) in [5, 5.41) is 0. The van der Waals surface area contributed by atoms with E-state index in [4.69, 9.17) is 9.47 Å². The lowest BCUT2D eigenvalue weighted by molar-refractivity contribution is 0.114. The Morgan fingerprint density at radius 2 is 2.26 bits per heavy atom. The third-order valence-corrected chi connectivity index (χ3v) is 4.62. The Bertz CT molecular complexity index is 536. The summed E-state index contributed by atoms with van der Waals surface area (Å²) >= 11 is 0. The van der Waals surface area contributed by atoms with Crippen molar-refractivity contribution in [3.05, 3.63) is 23.8 Å². The molecule has 0 amide bonds. The molecule has 1 aliphatic heterocycles. The van der Waals surface area contributed by atoms with Crippen LogP contribution in [-0.2, 0) is 14.8 Å². The molecular formula is C13H19NO4S. The Hall–Kier alpha value is -1.11. The maximum atomic E-state index is 12.1. The van der Waals surface area contributed by atoms with Crippen LogP contribution in [0.5, 0.6) is 5.75 Å². The largest absolute Gasteiger partial charge is 0.496 e. The average molecular weight is 285 g/mol. The van der Waals surface area contributed by atoms with Crippen LogP contribution in [0.4, 0.5) is 0 Å². The van der Waals surface area contributed by atoms with Crippen LogP contribution in [0.1, 0.15) is 18.4 Å². The van der Waals surface area contributed by atoms with Crippen molar-refractivity contribution in [2.24, 2.45) is 0 Å². The molecule has 106 valence electrons. The zero-order chi connectivity index (χ0) is 13.9. The molecule has 0 saturated carbocycles. The highest BCUT2D eigenvalue weighted by Crippen LogP contribution is 2.21. The molecule has 0 unspecified atom stereocenters. The lowest BCUT2D eigenvalue weighted by Gasteiger charge is -2.12. The van der Waals surface area contributed by atoms with Gasteiger partial charge in [-0.05, 0) is 43.5 Å². The number of ether oxygens (including phenoxy) is 2. The van der Waals surface area contributed by atoms with E-state index in [1.54, 1.807) is 25.3 Å². The molecule has 1 atom stereocenters. The minimum Gasteiger partial charge on any atom is -0.496 e. The minimum atomic E-state index is -3.48. The Morgan fingerprint density at radius 1 is 1.47 bits per heavy atom. The fourth-order valence-corrected chi connectivity index (χ4v) is 3.26. The molecule has 1 fully saturated rings. The molecule has 0 aliphatic carbocycles. The van der Waals surface area contributed by atoms with Crippen molar-refractivity contribution < 1.29 is 17.9 Å². The van der Waals surface area contributed by atoms with Gasteiger partial charge in [0.2, 0.25) is 10.0 Å². The maximum absolute atomic E-state index is 12.1. The van der Waals surface area contributed by atoms with Gasteiger partial charge in [-0.15, -0.1) is 0 Å². The van der Waals surface area contributed by atoms with Crippen molar-refractivity contribution in [3.63, 3.8) is 0 Å². The quantitative estimate of drug-likeness (QED) is 0.889. The number of hydrogen-bond acceptors (Lipinski definition) is 4. The maximum Gasteiger partial charge on any atom is 0.240 e. The number of sulfonamides is 1. The summed E-state index contributed by atoms with van der Waals surface area (Å²) in [6.07, 6.45) is 1.90. The van der Waals surface area contributed by atoms with Crippen molar-refractivity contribution in [3.8, 4) is 5.75 Å². The van der Waals surface area contributed by atoms with Gasteiger partial charge in [-0.25, -0.2) is 13.1 Å².